The topological polar surface area (TPSA) is 48.7 Å². The number of aryl methyl sites for hydroxylation is 1. The third-order valence-electron chi connectivity index (χ3n) is 3.04. The summed E-state index contributed by atoms with van der Waals surface area (Å²) in [6.07, 6.45) is 2.14. The van der Waals surface area contributed by atoms with Gasteiger partial charge in [0.25, 0.3) is 0 Å². The maximum Gasteiger partial charge on any atom is 0.200 e. The Hall–Kier alpha value is -1.94. The molecule has 0 spiro atoms. The van der Waals surface area contributed by atoms with E-state index in [1.165, 1.54) is 20.5 Å². The van der Waals surface area contributed by atoms with Crippen LogP contribution in [0.1, 0.15) is 28.6 Å². The fraction of sp³-hybridized carbons (Fsp3) is 0.267. The van der Waals surface area contributed by atoms with Crippen molar-refractivity contribution in [3.05, 3.63) is 46.4 Å². The lowest BCUT2D eigenvalue weighted by Gasteiger charge is -2.12. The van der Waals surface area contributed by atoms with Crippen LogP contribution >= 0.6 is 11.6 Å². The average Bonchev–Trinajstić information content (AvgIpc) is 2.94. The highest BCUT2D eigenvalue weighted by atomic mass is 35.5. The molecule has 5 heteroatoms. The lowest BCUT2D eigenvalue weighted by Crippen LogP contribution is -2.06. The van der Waals surface area contributed by atoms with E-state index < -0.39 is 0 Å². The zero-order chi connectivity index (χ0) is 14.7. The first-order chi connectivity index (χ1) is 9.63. The van der Waals surface area contributed by atoms with Crippen LogP contribution in [0.15, 0.2) is 28.9 Å². The zero-order valence-electron chi connectivity index (χ0n) is 11.5. The Kier molecular flexibility index (Phi) is 4.35. The maximum atomic E-state index is 12.6. The smallest absolute Gasteiger partial charge is 0.200 e. The molecule has 0 saturated carbocycles. The Morgan fingerprint density at radius 2 is 1.95 bits per heavy atom. The molecule has 0 aliphatic heterocycles. The molecular formula is C15H15ClO4. The molecule has 0 radical (unpaired) electrons. The first kappa shape index (κ1) is 14.5. The molecule has 106 valence electrons. The molecule has 0 N–H and O–H groups in total. The number of hydrogen-bond acceptors (Lipinski definition) is 4. The van der Waals surface area contributed by atoms with E-state index in [0.717, 1.165) is 0 Å². The molecule has 0 atom stereocenters. The van der Waals surface area contributed by atoms with Crippen molar-refractivity contribution in [2.45, 2.75) is 13.3 Å². The van der Waals surface area contributed by atoms with E-state index in [1.54, 1.807) is 18.2 Å². The summed E-state index contributed by atoms with van der Waals surface area (Å²) in [6, 6.07) is 4.93. The number of hydrogen-bond donors (Lipinski definition) is 0. The Balaban J connectivity index is 2.53. The average molecular weight is 295 g/mol. The second kappa shape index (κ2) is 6.01. The minimum absolute atomic E-state index is 0.183. The monoisotopic (exact) mass is 294 g/mol. The van der Waals surface area contributed by atoms with Gasteiger partial charge in [0.05, 0.1) is 31.6 Å². The number of halogens is 1. The standard InChI is InChI=1S/C15H15ClO4/c1-4-11-9(7-8-20-11)14(17)10-5-6-12(18-2)13(16)15(10)19-3/h5-8H,4H2,1-3H3. The second-order valence-electron chi connectivity index (χ2n) is 4.10. The van der Waals surface area contributed by atoms with Gasteiger partial charge in [0.2, 0.25) is 0 Å². The molecule has 0 bridgehead atoms. The quantitative estimate of drug-likeness (QED) is 0.788. The van der Waals surface area contributed by atoms with Crippen LogP contribution < -0.4 is 9.47 Å². The molecular weight excluding hydrogens is 280 g/mol. The van der Waals surface area contributed by atoms with Crippen molar-refractivity contribution in [3.63, 3.8) is 0 Å². The number of rotatable bonds is 5. The number of carbonyl (C=O) groups excluding carboxylic acids is 1. The molecule has 2 rings (SSSR count). The fourth-order valence-electron chi connectivity index (χ4n) is 2.04. The highest BCUT2D eigenvalue weighted by Gasteiger charge is 2.22. The van der Waals surface area contributed by atoms with Gasteiger partial charge in [-0.05, 0) is 18.2 Å². The zero-order valence-corrected chi connectivity index (χ0v) is 12.3. The van der Waals surface area contributed by atoms with Crippen molar-refractivity contribution in [3.8, 4) is 11.5 Å². The summed E-state index contributed by atoms with van der Waals surface area (Å²) in [5, 5.41) is 0.280. The fourth-order valence-corrected chi connectivity index (χ4v) is 2.35. The van der Waals surface area contributed by atoms with Gasteiger partial charge in [0.15, 0.2) is 11.5 Å². The van der Waals surface area contributed by atoms with Crippen LogP contribution in [0.2, 0.25) is 5.02 Å². The van der Waals surface area contributed by atoms with Gasteiger partial charge in [-0.3, -0.25) is 4.79 Å². The van der Waals surface area contributed by atoms with Crippen LogP contribution in [-0.4, -0.2) is 20.0 Å². The van der Waals surface area contributed by atoms with E-state index in [-0.39, 0.29) is 10.8 Å². The van der Waals surface area contributed by atoms with Gasteiger partial charge in [-0.2, -0.15) is 0 Å². The predicted octanol–water partition coefficient (Wildman–Crippen LogP) is 3.74. The first-order valence-electron chi connectivity index (χ1n) is 6.15. The molecule has 0 unspecified atom stereocenters. The summed E-state index contributed by atoms with van der Waals surface area (Å²) in [5.74, 6) is 1.23. The Morgan fingerprint density at radius 3 is 2.55 bits per heavy atom. The molecule has 1 aromatic carbocycles. The van der Waals surface area contributed by atoms with Gasteiger partial charge in [0, 0.05) is 6.42 Å². The Bertz CT molecular complexity index is 631. The number of furan rings is 1. The van der Waals surface area contributed by atoms with Crippen molar-refractivity contribution < 1.29 is 18.7 Å². The van der Waals surface area contributed by atoms with Crippen molar-refractivity contribution in [1.82, 2.24) is 0 Å². The van der Waals surface area contributed by atoms with E-state index >= 15 is 0 Å². The van der Waals surface area contributed by atoms with Crippen LogP contribution in [0, 0.1) is 0 Å². The molecule has 0 amide bonds. The molecule has 1 aromatic heterocycles. The van der Waals surface area contributed by atoms with Crippen molar-refractivity contribution >= 4 is 17.4 Å². The number of benzene rings is 1. The summed E-state index contributed by atoms with van der Waals surface area (Å²) in [6.45, 7) is 1.92. The molecule has 2 aromatic rings. The van der Waals surface area contributed by atoms with Gasteiger partial charge >= 0.3 is 0 Å². The van der Waals surface area contributed by atoms with Crippen LogP contribution in [0.4, 0.5) is 0 Å². The maximum absolute atomic E-state index is 12.6. The highest BCUT2D eigenvalue weighted by Crippen LogP contribution is 2.38. The largest absolute Gasteiger partial charge is 0.495 e. The number of ether oxygens (including phenoxy) is 2. The summed E-state index contributed by atoms with van der Waals surface area (Å²) >= 11 is 6.17. The van der Waals surface area contributed by atoms with Gasteiger partial charge in [-0.15, -0.1) is 0 Å². The molecule has 0 saturated heterocycles. The highest BCUT2D eigenvalue weighted by molar-refractivity contribution is 6.34. The third-order valence-corrected chi connectivity index (χ3v) is 3.40. The van der Waals surface area contributed by atoms with E-state index in [2.05, 4.69) is 0 Å². The van der Waals surface area contributed by atoms with Gasteiger partial charge in [-0.25, -0.2) is 0 Å². The van der Waals surface area contributed by atoms with Gasteiger partial charge in [0.1, 0.15) is 16.5 Å². The molecule has 0 fully saturated rings. The third kappa shape index (κ3) is 2.39. The summed E-state index contributed by atoms with van der Waals surface area (Å²) in [7, 11) is 2.97. The minimum Gasteiger partial charge on any atom is -0.495 e. The second-order valence-corrected chi connectivity index (χ2v) is 4.48. The van der Waals surface area contributed by atoms with E-state index in [1.807, 2.05) is 6.92 Å². The van der Waals surface area contributed by atoms with E-state index in [4.69, 9.17) is 25.5 Å². The number of methoxy groups -OCH3 is 2. The Labute approximate surface area is 122 Å². The molecule has 1 heterocycles. The number of ketones is 1. The lowest BCUT2D eigenvalue weighted by molar-refractivity contribution is 0.103. The van der Waals surface area contributed by atoms with Crippen LogP contribution in [0.3, 0.4) is 0 Å². The van der Waals surface area contributed by atoms with Gasteiger partial charge in [-0.1, -0.05) is 18.5 Å². The lowest BCUT2D eigenvalue weighted by atomic mass is 10.0. The summed E-state index contributed by atoms with van der Waals surface area (Å²) < 4.78 is 15.6. The van der Waals surface area contributed by atoms with Crippen LogP contribution in [0.25, 0.3) is 0 Å². The Morgan fingerprint density at radius 1 is 1.20 bits per heavy atom. The summed E-state index contributed by atoms with van der Waals surface area (Å²) in [5.41, 5.74) is 0.904. The van der Waals surface area contributed by atoms with Crippen LogP contribution in [-0.2, 0) is 6.42 Å². The first-order valence-corrected chi connectivity index (χ1v) is 6.53. The number of carbonyl (C=O) groups is 1. The molecule has 0 aliphatic rings. The molecule has 20 heavy (non-hydrogen) atoms. The minimum atomic E-state index is -0.183. The predicted molar refractivity (Wildman–Crippen MR) is 76.1 cm³/mol. The van der Waals surface area contributed by atoms with Gasteiger partial charge < -0.3 is 13.9 Å². The van der Waals surface area contributed by atoms with Crippen molar-refractivity contribution in [2.24, 2.45) is 0 Å². The SMILES string of the molecule is CCc1occc1C(=O)c1ccc(OC)c(Cl)c1OC. The summed E-state index contributed by atoms with van der Waals surface area (Å²) in [4.78, 5) is 12.6. The normalized spacial score (nSPS) is 10.4. The van der Waals surface area contributed by atoms with E-state index in [9.17, 15) is 4.79 Å². The molecule has 4 nitrogen and oxygen atoms in total. The van der Waals surface area contributed by atoms with Crippen LogP contribution in [0.5, 0.6) is 11.5 Å². The molecule has 0 aliphatic carbocycles. The van der Waals surface area contributed by atoms with E-state index in [0.29, 0.717) is 34.8 Å². The van der Waals surface area contributed by atoms with Crippen molar-refractivity contribution in [1.29, 1.82) is 0 Å². The van der Waals surface area contributed by atoms with Crippen molar-refractivity contribution in [2.75, 3.05) is 14.2 Å².